The third kappa shape index (κ3) is 7.69. The van der Waals surface area contributed by atoms with Crippen LogP contribution < -0.4 is 9.62 Å². The van der Waals surface area contributed by atoms with Crippen molar-refractivity contribution < 1.29 is 18.0 Å². The topological polar surface area (TPSA) is 86.8 Å². The number of nitrogens with one attached hydrogen (secondary N) is 1. The molecule has 0 fully saturated rings. The number of carbonyl (C=O) groups excluding carboxylic acids is 2. The molecule has 3 aromatic rings. The highest BCUT2D eigenvalue weighted by Gasteiger charge is 2.34. The normalized spacial score (nSPS) is 12.8. The molecule has 0 unspecified atom stereocenters. The monoisotopic (exact) mass is 623 g/mol. The second-order valence-corrected chi connectivity index (χ2v) is 12.4. The van der Waals surface area contributed by atoms with Crippen molar-refractivity contribution in [1.82, 2.24) is 10.2 Å². The Morgan fingerprint density at radius 3 is 2.00 bits per heavy atom. The molecule has 11 heteroatoms. The zero-order valence-electron chi connectivity index (χ0n) is 22.5. The molecule has 7 nitrogen and oxygen atoms in total. The number of amides is 2. The van der Waals surface area contributed by atoms with Gasteiger partial charge in [0.2, 0.25) is 11.8 Å². The molecule has 0 aliphatic carbocycles. The molecule has 2 atom stereocenters. The van der Waals surface area contributed by atoms with E-state index in [0.717, 1.165) is 4.31 Å². The molecular weight excluding hydrogens is 593 g/mol. The Labute approximate surface area is 251 Å². The van der Waals surface area contributed by atoms with Crippen molar-refractivity contribution >= 4 is 62.3 Å². The van der Waals surface area contributed by atoms with Gasteiger partial charge >= 0.3 is 0 Å². The van der Waals surface area contributed by atoms with Crippen molar-refractivity contribution in [3.8, 4) is 0 Å². The number of para-hydroxylation sites is 1. The fraction of sp³-hybridized carbons (Fsp3) is 0.310. The molecule has 0 spiro atoms. The van der Waals surface area contributed by atoms with E-state index in [2.05, 4.69) is 5.32 Å². The van der Waals surface area contributed by atoms with Crippen LogP contribution in [-0.4, -0.2) is 43.8 Å². The van der Waals surface area contributed by atoms with Gasteiger partial charge in [-0.1, -0.05) is 72.9 Å². The first-order valence-corrected chi connectivity index (χ1v) is 15.4. The first-order valence-electron chi connectivity index (χ1n) is 12.9. The van der Waals surface area contributed by atoms with Crippen LogP contribution >= 0.6 is 34.8 Å². The van der Waals surface area contributed by atoms with Gasteiger partial charge in [0, 0.05) is 33.2 Å². The number of hydrogen-bond donors (Lipinski definition) is 1. The molecular formula is C29H32Cl3N3O4S. The number of rotatable bonds is 12. The first kappa shape index (κ1) is 31.7. The van der Waals surface area contributed by atoms with Crippen LogP contribution in [0.25, 0.3) is 0 Å². The van der Waals surface area contributed by atoms with E-state index in [1.165, 1.54) is 29.2 Å². The smallest absolute Gasteiger partial charge is 0.264 e. The summed E-state index contributed by atoms with van der Waals surface area (Å²) in [6.07, 6.45) is 0.985. The van der Waals surface area contributed by atoms with Gasteiger partial charge in [0.15, 0.2) is 0 Å². The average Bonchev–Trinajstić information content (AvgIpc) is 2.93. The Morgan fingerprint density at radius 1 is 0.850 bits per heavy atom. The van der Waals surface area contributed by atoms with Gasteiger partial charge in [-0.25, -0.2) is 8.42 Å². The number of hydrogen-bond acceptors (Lipinski definition) is 4. The molecule has 0 aromatic heterocycles. The Balaban J connectivity index is 2.07. The highest BCUT2D eigenvalue weighted by Crippen LogP contribution is 2.29. The van der Waals surface area contributed by atoms with E-state index in [-0.39, 0.29) is 29.8 Å². The summed E-state index contributed by atoms with van der Waals surface area (Å²) in [6.45, 7) is 4.95. The van der Waals surface area contributed by atoms with Crippen LogP contribution in [-0.2, 0) is 26.2 Å². The lowest BCUT2D eigenvalue weighted by Gasteiger charge is -2.34. The van der Waals surface area contributed by atoms with Crippen LogP contribution in [0.2, 0.25) is 15.1 Å². The molecule has 0 heterocycles. The van der Waals surface area contributed by atoms with Gasteiger partial charge in [0.1, 0.15) is 12.6 Å². The van der Waals surface area contributed by atoms with Gasteiger partial charge in [0.25, 0.3) is 10.0 Å². The molecule has 3 aromatic carbocycles. The summed E-state index contributed by atoms with van der Waals surface area (Å²) in [7, 11) is -4.19. The first-order chi connectivity index (χ1) is 19.0. The van der Waals surface area contributed by atoms with E-state index in [1.807, 2.05) is 13.8 Å². The van der Waals surface area contributed by atoms with Crippen molar-refractivity contribution in [2.75, 3.05) is 10.8 Å². The molecule has 0 aliphatic heterocycles. The van der Waals surface area contributed by atoms with Gasteiger partial charge in [-0.3, -0.25) is 13.9 Å². The summed E-state index contributed by atoms with van der Waals surface area (Å²) in [5.41, 5.74) is 0.749. The van der Waals surface area contributed by atoms with Crippen LogP contribution in [0.1, 0.15) is 39.2 Å². The van der Waals surface area contributed by atoms with E-state index in [4.69, 9.17) is 34.8 Å². The molecule has 3 rings (SSSR count). The summed E-state index contributed by atoms with van der Waals surface area (Å²) < 4.78 is 28.7. The highest BCUT2D eigenvalue weighted by molar-refractivity contribution is 7.92. The molecule has 40 heavy (non-hydrogen) atoms. The minimum atomic E-state index is -4.19. The van der Waals surface area contributed by atoms with Crippen molar-refractivity contribution in [3.05, 3.63) is 93.4 Å². The van der Waals surface area contributed by atoms with Crippen molar-refractivity contribution in [1.29, 1.82) is 0 Å². The van der Waals surface area contributed by atoms with Crippen LogP contribution in [0.5, 0.6) is 0 Å². The Morgan fingerprint density at radius 2 is 1.45 bits per heavy atom. The van der Waals surface area contributed by atoms with Crippen LogP contribution in [0.15, 0.2) is 77.7 Å². The maximum atomic E-state index is 14.1. The molecule has 0 radical (unpaired) electrons. The molecule has 2 amide bonds. The molecule has 0 bridgehead atoms. The van der Waals surface area contributed by atoms with Gasteiger partial charge in [-0.2, -0.15) is 0 Å². The number of anilines is 1. The number of nitrogens with zero attached hydrogens (tertiary/aromatic N) is 2. The summed E-state index contributed by atoms with van der Waals surface area (Å²) in [4.78, 5) is 28.7. The number of benzene rings is 3. The van der Waals surface area contributed by atoms with Crippen LogP contribution in [0, 0.1) is 0 Å². The Hall–Kier alpha value is -2.78. The highest BCUT2D eigenvalue weighted by atomic mass is 35.5. The summed E-state index contributed by atoms with van der Waals surface area (Å²) >= 11 is 18.9. The maximum absolute atomic E-state index is 14.1. The largest absolute Gasteiger partial charge is 0.352 e. The summed E-state index contributed by atoms with van der Waals surface area (Å²) in [5.74, 6) is -0.941. The van der Waals surface area contributed by atoms with E-state index < -0.39 is 28.5 Å². The third-order valence-electron chi connectivity index (χ3n) is 6.50. The molecule has 0 saturated heterocycles. The maximum Gasteiger partial charge on any atom is 0.264 e. The predicted octanol–water partition coefficient (Wildman–Crippen LogP) is 6.56. The minimum Gasteiger partial charge on any atom is -0.352 e. The van der Waals surface area contributed by atoms with Crippen molar-refractivity contribution in [2.45, 2.75) is 57.1 Å². The SMILES string of the molecule is CC[C@H](C)NC(=O)[C@H](CC)N(Cc1c(Cl)cccc1Cl)C(=O)CN(c1ccccc1)S(=O)(=O)c1ccc(Cl)cc1. The third-order valence-corrected chi connectivity index (χ3v) is 9.25. The number of carbonyl (C=O) groups is 2. The Kier molecular flexibility index (Phi) is 11.3. The number of halogens is 3. The zero-order chi connectivity index (χ0) is 29.4. The van der Waals surface area contributed by atoms with Gasteiger partial charge in [0.05, 0.1) is 10.6 Å². The van der Waals surface area contributed by atoms with Gasteiger partial charge in [-0.15, -0.1) is 0 Å². The fourth-order valence-electron chi connectivity index (χ4n) is 4.07. The second-order valence-electron chi connectivity index (χ2n) is 9.26. The quantitative estimate of drug-likeness (QED) is 0.247. The van der Waals surface area contributed by atoms with E-state index in [1.54, 1.807) is 55.5 Å². The minimum absolute atomic E-state index is 0.0317. The Bertz CT molecular complexity index is 1400. The fourth-order valence-corrected chi connectivity index (χ4v) is 6.13. The average molecular weight is 625 g/mol. The zero-order valence-corrected chi connectivity index (χ0v) is 25.6. The number of sulfonamides is 1. The molecule has 1 N–H and O–H groups in total. The second kappa shape index (κ2) is 14.2. The van der Waals surface area contributed by atoms with Crippen molar-refractivity contribution in [3.63, 3.8) is 0 Å². The van der Waals surface area contributed by atoms with E-state index >= 15 is 0 Å². The van der Waals surface area contributed by atoms with Crippen LogP contribution in [0.3, 0.4) is 0 Å². The van der Waals surface area contributed by atoms with Crippen LogP contribution in [0.4, 0.5) is 5.69 Å². The standard InChI is InChI=1S/C29H32Cl3N3O4S/c1-4-20(3)33-29(37)27(5-2)34(18-24-25(31)12-9-13-26(24)32)28(36)19-35(22-10-7-6-8-11-22)40(38,39)23-16-14-21(30)15-17-23/h6-17,20,27H,4-5,18-19H2,1-3H3,(H,33,37)/t20-,27-/m0/s1. The van der Waals surface area contributed by atoms with E-state index in [0.29, 0.717) is 32.7 Å². The lowest BCUT2D eigenvalue weighted by Crippen LogP contribution is -2.53. The van der Waals surface area contributed by atoms with Crippen molar-refractivity contribution in [2.24, 2.45) is 0 Å². The predicted molar refractivity (Wildman–Crippen MR) is 161 cm³/mol. The summed E-state index contributed by atoms with van der Waals surface area (Å²) in [6, 6.07) is 18.0. The molecule has 0 saturated carbocycles. The lowest BCUT2D eigenvalue weighted by molar-refractivity contribution is -0.140. The van der Waals surface area contributed by atoms with E-state index in [9.17, 15) is 18.0 Å². The van der Waals surface area contributed by atoms with Gasteiger partial charge < -0.3 is 10.2 Å². The molecule has 0 aliphatic rings. The van der Waals surface area contributed by atoms with Gasteiger partial charge in [-0.05, 0) is 68.3 Å². The lowest BCUT2D eigenvalue weighted by atomic mass is 10.1. The summed E-state index contributed by atoms with van der Waals surface area (Å²) in [5, 5.41) is 3.97. The molecule has 214 valence electrons.